The fourth-order valence-corrected chi connectivity index (χ4v) is 3.61. The highest BCUT2D eigenvalue weighted by Crippen LogP contribution is 2.27. The second kappa shape index (κ2) is 7.88. The summed E-state index contributed by atoms with van der Waals surface area (Å²) >= 11 is 0. The summed E-state index contributed by atoms with van der Waals surface area (Å²) in [5.74, 6) is -0.199. The molecule has 140 valence electrons. The highest BCUT2D eigenvalue weighted by atomic mass is 32.2. The predicted octanol–water partition coefficient (Wildman–Crippen LogP) is 2.85. The zero-order valence-electron chi connectivity index (χ0n) is 15.6. The van der Waals surface area contributed by atoms with E-state index in [0.29, 0.717) is 5.69 Å². The summed E-state index contributed by atoms with van der Waals surface area (Å²) in [6.45, 7) is 7.25. The molecule has 0 bridgehead atoms. The van der Waals surface area contributed by atoms with E-state index in [1.54, 1.807) is 12.1 Å². The second-order valence-electron chi connectivity index (χ2n) is 6.26. The summed E-state index contributed by atoms with van der Waals surface area (Å²) in [6, 6.07) is 8.72. The maximum atomic E-state index is 12.6. The maximum Gasteiger partial charge on any atom is 0.244 e. The van der Waals surface area contributed by atoms with Crippen molar-refractivity contribution in [3.8, 4) is 5.75 Å². The van der Waals surface area contributed by atoms with Crippen LogP contribution in [0.5, 0.6) is 5.75 Å². The Labute approximate surface area is 154 Å². The first-order valence-electron chi connectivity index (χ1n) is 8.16. The molecule has 0 aliphatic carbocycles. The average molecular weight is 376 g/mol. The Hall–Kier alpha value is -2.38. The van der Waals surface area contributed by atoms with E-state index in [-0.39, 0.29) is 17.2 Å². The van der Waals surface area contributed by atoms with Gasteiger partial charge >= 0.3 is 0 Å². The number of carbonyl (C=O) groups excluding carboxylic acids is 1. The van der Waals surface area contributed by atoms with Gasteiger partial charge in [0, 0.05) is 5.69 Å². The lowest BCUT2D eigenvalue weighted by Crippen LogP contribution is -2.33. The van der Waals surface area contributed by atoms with E-state index in [1.165, 1.54) is 13.2 Å². The van der Waals surface area contributed by atoms with Crippen LogP contribution in [0.1, 0.15) is 22.3 Å². The number of rotatable bonds is 6. The largest absolute Gasteiger partial charge is 0.495 e. The molecule has 26 heavy (non-hydrogen) atoms. The van der Waals surface area contributed by atoms with Gasteiger partial charge in [0.15, 0.2) is 0 Å². The predicted molar refractivity (Wildman–Crippen MR) is 102 cm³/mol. The SMILES string of the molecule is COc1cc(C)c(C)cc1S(=O)(=O)NCC(=O)Nc1ccc(C)c(C)c1. The second-order valence-corrected chi connectivity index (χ2v) is 7.99. The van der Waals surface area contributed by atoms with Crippen molar-refractivity contribution in [3.05, 3.63) is 52.6 Å². The van der Waals surface area contributed by atoms with E-state index in [2.05, 4.69) is 10.0 Å². The van der Waals surface area contributed by atoms with E-state index in [0.717, 1.165) is 22.3 Å². The van der Waals surface area contributed by atoms with Crippen LogP contribution in [0.25, 0.3) is 0 Å². The Balaban J connectivity index is 2.11. The smallest absolute Gasteiger partial charge is 0.244 e. The molecule has 0 fully saturated rings. The number of hydrogen-bond donors (Lipinski definition) is 2. The van der Waals surface area contributed by atoms with Gasteiger partial charge in [0.25, 0.3) is 0 Å². The van der Waals surface area contributed by atoms with Crippen LogP contribution < -0.4 is 14.8 Å². The van der Waals surface area contributed by atoms with Crippen LogP contribution >= 0.6 is 0 Å². The van der Waals surface area contributed by atoms with E-state index >= 15 is 0 Å². The van der Waals surface area contributed by atoms with Crippen molar-refractivity contribution in [2.45, 2.75) is 32.6 Å². The van der Waals surface area contributed by atoms with Crippen molar-refractivity contribution >= 4 is 21.6 Å². The van der Waals surface area contributed by atoms with Gasteiger partial charge in [-0.1, -0.05) is 6.07 Å². The molecule has 0 radical (unpaired) electrons. The average Bonchev–Trinajstić information content (AvgIpc) is 2.58. The fraction of sp³-hybridized carbons (Fsp3) is 0.316. The number of amides is 1. The van der Waals surface area contributed by atoms with Crippen LogP contribution in [0.15, 0.2) is 35.2 Å². The van der Waals surface area contributed by atoms with E-state index in [9.17, 15) is 13.2 Å². The number of methoxy groups -OCH3 is 1. The Morgan fingerprint density at radius 3 is 2.19 bits per heavy atom. The van der Waals surface area contributed by atoms with Gasteiger partial charge in [-0.25, -0.2) is 13.1 Å². The highest BCUT2D eigenvalue weighted by Gasteiger charge is 2.21. The Morgan fingerprint density at radius 1 is 0.962 bits per heavy atom. The molecule has 0 aliphatic rings. The molecule has 0 saturated heterocycles. The van der Waals surface area contributed by atoms with Crippen LogP contribution in [0.2, 0.25) is 0 Å². The molecule has 7 heteroatoms. The first-order chi connectivity index (χ1) is 12.1. The molecule has 0 heterocycles. The fourth-order valence-electron chi connectivity index (χ4n) is 2.40. The van der Waals surface area contributed by atoms with Crippen LogP contribution in [0.3, 0.4) is 0 Å². The molecule has 0 aliphatic heterocycles. The van der Waals surface area contributed by atoms with Gasteiger partial charge in [-0.05, 0) is 74.2 Å². The number of ether oxygens (including phenoxy) is 1. The normalized spacial score (nSPS) is 11.3. The molecule has 0 saturated carbocycles. The van der Waals surface area contributed by atoms with Crippen LogP contribution in [0.4, 0.5) is 5.69 Å². The molecule has 0 aromatic heterocycles. The number of anilines is 1. The van der Waals surface area contributed by atoms with Gasteiger partial charge in [0.2, 0.25) is 15.9 Å². The summed E-state index contributed by atoms with van der Waals surface area (Å²) in [5.41, 5.74) is 4.54. The maximum absolute atomic E-state index is 12.6. The molecule has 2 aromatic carbocycles. The van der Waals surface area contributed by atoms with Gasteiger partial charge in [0.05, 0.1) is 13.7 Å². The van der Waals surface area contributed by atoms with Gasteiger partial charge in [0.1, 0.15) is 10.6 Å². The summed E-state index contributed by atoms with van der Waals surface area (Å²) in [7, 11) is -2.47. The minimum absolute atomic E-state index is 0.0158. The molecule has 2 rings (SSSR count). The lowest BCUT2D eigenvalue weighted by atomic mass is 10.1. The van der Waals surface area contributed by atoms with Crippen molar-refractivity contribution < 1.29 is 17.9 Å². The monoisotopic (exact) mass is 376 g/mol. The number of benzene rings is 2. The van der Waals surface area contributed by atoms with Crippen molar-refractivity contribution in [1.82, 2.24) is 4.72 Å². The molecule has 0 spiro atoms. The van der Waals surface area contributed by atoms with Gasteiger partial charge in [-0.2, -0.15) is 0 Å². The summed E-state index contributed by atoms with van der Waals surface area (Å²) < 4.78 is 32.6. The Kier molecular flexibility index (Phi) is 6.05. The summed E-state index contributed by atoms with van der Waals surface area (Å²) in [5, 5.41) is 2.69. The first-order valence-corrected chi connectivity index (χ1v) is 9.64. The van der Waals surface area contributed by atoms with Crippen molar-refractivity contribution in [2.75, 3.05) is 19.0 Å². The molecule has 1 amide bonds. The zero-order chi connectivity index (χ0) is 19.5. The molecule has 0 atom stereocenters. The third kappa shape index (κ3) is 4.62. The lowest BCUT2D eigenvalue weighted by molar-refractivity contribution is -0.115. The van der Waals surface area contributed by atoms with E-state index in [1.807, 2.05) is 39.8 Å². The molecule has 2 N–H and O–H groups in total. The van der Waals surface area contributed by atoms with Gasteiger partial charge < -0.3 is 10.1 Å². The van der Waals surface area contributed by atoms with Crippen molar-refractivity contribution in [2.24, 2.45) is 0 Å². The number of carbonyl (C=O) groups is 1. The van der Waals surface area contributed by atoms with E-state index < -0.39 is 15.9 Å². The molecular formula is C19H24N2O4S. The number of nitrogens with one attached hydrogen (secondary N) is 2. The summed E-state index contributed by atoms with van der Waals surface area (Å²) in [4.78, 5) is 12.1. The van der Waals surface area contributed by atoms with E-state index in [4.69, 9.17) is 4.74 Å². The Morgan fingerprint density at radius 2 is 1.58 bits per heavy atom. The van der Waals surface area contributed by atoms with Gasteiger partial charge in [-0.3, -0.25) is 4.79 Å². The first kappa shape index (κ1) is 19.9. The third-order valence-corrected chi connectivity index (χ3v) is 5.71. The molecule has 0 unspecified atom stereocenters. The third-order valence-electron chi connectivity index (χ3n) is 4.28. The van der Waals surface area contributed by atoms with Crippen LogP contribution in [-0.4, -0.2) is 28.0 Å². The standard InChI is InChI=1S/C19H24N2O4S/c1-12-6-7-16(8-13(12)2)21-19(22)11-20-26(23,24)18-10-15(4)14(3)9-17(18)25-5/h6-10,20H,11H2,1-5H3,(H,21,22). The van der Waals surface area contributed by atoms with Crippen molar-refractivity contribution in [1.29, 1.82) is 0 Å². The quantitative estimate of drug-likeness (QED) is 0.812. The Bertz CT molecular complexity index is 937. The summed E-state index contributed by atoms with van der Waals surface area (Å²) in [6.07, 6.45) is 0. The van der Waals surface area contributed by atoms with Gasteiger partial charge in [-0.15, -0.1) is 0 Å². The lowest BCUT2D eigenvalue weighted by Gasteiger charge is -2.13. The topological polar surface area (TPSA) is 84.5 Å². The van der Waals surface area contributed by atoms with Crippen LogP contribution in [0, 0.1) is 27.7 Å². The molecule has 2 aromatic rings. The molecular weight excluding hydrogens is 352 g/mol. The molecule has 6 nitrogen and oxygen atoms in total. The highest BCUT2D eigenvalue weighted by molar-refractivity contribution is 7.89. The zero-order valence-corrected chi connectivity index (χ0v) is 16.5. The number of sulfonamides is 1. The van der Waals surface area contributed by atoms with Crippen molar-refractivity contribution in [3.63, 3.8) is 0 Å². The number of hydrogen-bond acceptors (Lipinski definition) is 4. The minimum Gasteiger partial charge on any atom is -0.495 e. The minimum atomic E-state index is -3.88. The number of aryl methyl sites for hydroxylation is 4. The van der Waals surface area contributed by atoms with Crippen LogP contribution in [-0.2, 0) is 14.8 Å².